The summed E-state index contributed by atoms with van der Waals surface area (Å²) < 4.78 is 27.5. The van der Waals surface area contributed by atoms with Crippen molar-refractivity contribution in [2.24, 2.45) is 0 Å². The Morgan fingerprint density at radius 1 is 1.15 bits per heavy atom. The van der Waals surface area contributed by atoms with Crippen LogP contribution in [0.15, 0.2) is 54.5 Å². The molecule has 0 saturated carbocycles. The van der Waals surface area contributed by atoms with Gasteiger partial charge in [0.1, 0.15) is 17.3 Å². The molecule has 1 atom stereocenters. The van der Waals surface area contributed by atoms with E-state index in [9.17, 15) is 9.18 Å². The van der Waals surface area contributed by atoms with Crippen LogP contribution in [0.1, 0.15) is 42.6 Å². The van der Waals surface area contributed by atoms with Crippen LogP contribution in [0.5, 0.6) is 11.5 Å². The Balaban J connectivity index is 1.62. The van der Waals surface area contributed by atoms with Crippen molar-refractivity contribution in [1.82, 2.24) is 14.5 Å². The van der Waals surface area contributed by atoms with E-state index in [-0.39, 0.29) is 11.7 Å². The van der Waals surface area contributed by atoms with Crippen molar-refractivity contribution in [2.45, 2.75) is 32.7 Å². The van der Waals surface area contributed by atoms with Gasteiger partial charge in [-0.05, 0) is 62.6 Å². The molecule has 1 aromatic heterocycles. The van der Waals surface area contributed by atoms with Gasteiger partial charge in [0.2, 0.25) is 5.91 Å². The maximum atomic E-state index is 14.6. The third-order valence-corrected chi connectivity index (χ3v) is 6.03. The van der Waals surface area contributed by atoms with E-state index in [4.69, 9.17) is 9.47 Å². The first kappa shape index (κ1) is 22.6. The second-order valence-electron chi connectivity index (χ2n) is 8.16. The molecule has 3 aromatic rings. The highest BCUT2D eigenvalue weighted by molar-refractivity contribution is 5.98. The molecule has 0 spiro atoms. The van der Waals surface area contributed by atoms with E-state index >= 15 is 0 Å². The molecule has 1 saturated heterocycles. The Hall–Kier alpha value is -3.61. The lowest BCUT2D eigenvalue weighted by atomic mass is 9.96. The number of piperidine rings is 1. The van der Waals surface area contributed by atoms with Crippen LogP contribution in [0.4, 0.5) is 4.39 Å². The number of hydrogen-bond donors (Lipinski definition) is 0. The predicted octanol–water partition coefficient (Wildman–Crippen LogP) is 5.10. The van der Waals surface area contributed by atoms with Crippen LogP contribution in [0.25, 0.3) is 11.8 Å². The molecule has 6 nitrogen and oxygen atoms in total. The normalized spacial score (nSPS) is 16.2. The highest BCUT2D eigenvalue weighted by Crippen LogP contribution is 2.35. The number of benzene rings is 2. The number of methoxy groups -OCH3 is 2. The molecule has 0 unspecified atom stereocenters. The average molecular weight is 450 g/mol. The lowest BCUT2D eigenvalue weighted by Gasteiger charge is -2.34. The largest absolute Gasteiger partial charge is 0.496 e. The Kier molecular flexibility index (Phi) is 6.49. The van der Waals surface area contributed by atoms with Crippen LogP contribution in [-0.2, 0) is 4.79 Å². The fraction of sp³-hybridized carbons (Fsp3) is 0.308. The molecule has 172 valence electrons. The maximum absolute atomic E-state index is 14.6. The lowest BCUT2D eigenvalue weighted by molar-refractivity contribution is -0.130. The molecule has 2 heterocycles. The van der Waals surface area contributed by atoms with Gasteiger partial charge >= 0.3 is 0 Å². The van der Waals surface area contributed by atoms with Crippen LogP contribution in [0, 0.1) is 12.7 Å². The van der Waals surface area contributed by atoms with Gasteiger partial charge in [0.25, 0.3) is 0 Å². The second-order valence-corrected chi connectivity index (χ2v) is 8.16. The molecular formula is C26H28FN3O3. The SMILES string of the molecule is COc1cc(C=C2CCCN([C@@H](C)c3c(F)cccc3OC)C2=O)ccc1-n1cnc(C)c1. The standard InChI is InChI=1S/C26H28FN3O3/c1-17-15-29(16-28-17)22-11-10-19(14-24(22)33-4)13-20-7-6-12-30(26(20)31)18(2)25-21(27)8-5-9-23(25)32-3/h5,8-11,13-16,18H,6-7,12H2,1-4H3/t18-/m0/s1. The number of aromatic nitrogens is 2. The van der Waals surface area contributed by atoms with E-state index in [0.29, 0.717) is 35.6 Å². The molecule has 0 radical (unpaired) electrons. The smallest absolute Gasteiger partial charge is 0.250 e. The number of amides is 1. The van der Waals surface area contributed by atoms with Gasteiger partial charge in [-0.25, -0.2) is 9.37 Å². The highest BCUT2D eigenvalue weighted by Gasteiger charge is 2.31. The number of rotatable bonds is 6. The summed E-state index contributed by atoms with van der Waals surface area (Å²) in [5.74, 6) is 0.668. The number of aryl methyl sites for hydroxylation is 1. The van der Waals surface area contributed by atoms with Crippen LogP contribution >= 0.6 is 0 Å². The summed E-state index contributed by atoms with van der Waals surface area (Å²) in [4.78, 5) is 19.3. The van der Waals surface area contributed by atoms with Gasteiger partial charge in [0.15, 0.2) is 0 Å². The zero-order valence-electron chi connectivity index (χ0n) is 19.3. The first-order valence-corrected chi connectivity index (χ1v) is 11.0. The summed E-state index contributed by atoms with van der Waals surface area (Å²) in [6.45, 7) is 4.34. The topological polar surface area (TPSA) is 56.6 Å². The van der Waals surface area contributed by atoms with Crippen molar-refractivity contribution in [2.75, 3.05) is 20.8 Å². The quantitative estimate of drug-likeness (QED) is 0.491. The number of carbonyl (C=O) groups excluding carboxylic acids is 1. The minimum absolute atomic E-state index is 0.0904. The first-order chi connectivity index (χ1) is 15.9. The van der Waals surface area contributed by atoms with Gasteiger partial charge in [-0.1, -0.05) is 12.1 Å². The highest BCUT2D eigenvalue weighted by atomic mass is 19.1. The van der Waals surface area contributed by atoms with Crippen molar-refractivity contribution < 1.29 is 18.7 Å². The van der Waals surface area contributed by atoms with E-state index in [2.05, 4.69) is 4.98 Å². The monoisotopic (exact) mass is 449 g/mol. The summed E-state index contributed by atoms with van der Waals surface area (Å²) in [7, 11) is 3.13. The molecule has 1 fully saturated rings. The zero-order chi connectivity index (χ0) is 23.5. The third kappa shape index (κ3) is 4.49. The van der Waals surface area contributed by atoms with Gasteiger partial charge in [0.05, 0.1) is 43.5 Å². The lowest BCUT2D eigenvalue weighted by Crippen LogP contribution is -2.39. The van der Waals surface area contributed by atoms with Crippen molar-refractivity contribution >= 4 is 12.0 Å². The van der Waals surface area contributed by atoms with E-state index in [1.165, 1.54) is 13.2 Å². The van der Waals surface area contributed by atoms with E-state index in [0.717, 1.165) is 23.4 Å². The number of nitrogens with zero attached hydrogens (tertiary/aromatic N) is 3. The second kappa shape index (κ2) is 9.48. The third-order valence-electron chi connectivity index (χ3n) is 6.03. The Morgan fingerprint density at radius 2 is 1.94 bits per heavy atom. The summed E-state index contributed by atoms with van der Waals surface area (Å²) in [5.41, 5.74) is 3.75. The van der Waals surface area contributed by atoms with Crippen LogP contribution in [0.3, 0.4) is 0 Å². The van der Waals surface area contributed by atoms with Gasteiger partial charge in [-0.15, -0.1) is 0 Å². The summed E-state index contributed by atoms with van der Waals surface area (Å²) in [5, 5.41) is 0. The molecule has 2 aromatic carbocycles. The Morgan fingerprint density at radius 3 is 2.64 bits per heavy atom. The molecule has 1 amide bonds. The van der Waals surface area contributed by atoms with Crippen molar-refractivity contribution in [3.05, 3.63) is 77.1 Å². The van der Waals surface area contributed by atoms with Crippen LogP contribution in [-0.4, -0.2) is 41.1 Å². The maximum Gasteiger partial charge on any atom is 0.250 e. The van der Waals surface area contributed by atoms with Gasteiger partial charge in [-0.2, -0.15) is 0 Å². The Labute approximate surface area is 193 Å². The minimum Gasteiger partial charge on any atom is -0.496 e. The fourth-order valence-corrected chi connectivity index (χ4v) is 4.34. The predicted molar refractivity (Wildman–Crippen MR) is 125 cm³/mol. The molecule has 1 aliphatic rings. The van der Waals surface area contributed by atoms with Gasteiger partial charge < -0.3 is 18.9 Å². The summed E-state index contributed by atoms with van der Waals surface area (Å²) in [6, 6.07) is 10.1. The molecule has 0 N–H and O–H groups in total. The molecular weight excluding hydrogens is 421 g/mol. The number of halogens is 1. The number of carbonyl (C=O) groups is 1. The summed E-state index contributed by atoms with van der Waals surface area (Å²) in [6.07, 6.45) is 7.04. The fourth-order valence-electron chi connectivity index (χ4n) is 4.34. The first-order valence-electron chi connectivity index (χ1n) is 11.0. The molecule has 7 heteroatoms. The minimum atomic E-state index is -0.446. The molecule has 4 rings (SSSR count). The van der Waals surface area contributed by atoms with Crippen LogP contribution in [0.2, 0.25) is 0 Å². The van der Waals surface area contributed by atoms with Crippen LogP contribution < -0.4 is 9.47 Å². The summed E-state index contributed by atoms with van der Waals surface area (Å²) >= 11 is 0. The number of ether oxygens (including phenoxy) is 2. The van der Waals surface area contributed by atoms with E-state index < -0.39 is 6.04 Å². The number of imidazole rings is 1. The molecule has 0 aliphatic carbocycles. The zero-order valence-corrected chi connectivity index (χ0v) is 19.3. The number of hydrogen-bond acceptors (Lipinski definition) is 4. The molecule has 1 aliphatic heterocycles. The van der Waals surface area contributed by atoms with Crippen molar-refractivity contribution in [1.29, 1.82) is 0 Å². The number of likely N-dealkylation sites (tertiary alicyclic amines) is 1. The molecule has 33 heavy (non-hydrogen) atoms. The van der Waals surface area contributed by atoms with E-state index in [1.807, 2.05) is 48.9 Å². The average Bonchev–Trinajstić information content (AvgIpc) is 3.25. The molecule has 0 bridgehead atoms. The van der Waals surface area contributed by atoms with Crippen molar-refractivity contribution in [3.63, 3.8) is 0 Å². The Bertz CT molecular complexity index is 1200. The van der Waals surface area contributed by atoms with Gasteiger partial charge in [-0.3, -0.25) is 4.79 Å². The van der Waals surface area contributed by atoms with Crippen molar-refractivity contribution in [3.8, 4) is 17.2 Å². The van der Waals surface area contributed by atoms with E-state index in [1.54, 1.807) is 30.5 Å². The van der Waals surface area contributed by atoms with Gasteiger partial charge in [0, 0.05) is 18.3 Å².